The van der Waals surface area contributed by atoms with Crippen LogP contribution in [0.4, 0.5) is 5.82 Å². The Morgan fingerprint density at radius 1 is 1.39 bits per heavy atom. The first kappa shape index (κ1) is 11.7. The lowest BCUT2D eigenvalue weighted by Crippen LogP contribution is -2.34. The molecule has 1 aliphatic rings. The molecular formula is C14H17N3S. The molecule has 0 aliphatic carbocycles. The van der Waals surface area contributed by atoms with Crippen molar-refractivity contribution < 1.29 is 0 Å². The third kappa shape index (κ3) is 2.38. The summed E-state index contributed by atoms with van der Waals surface area (Å²) in [6.45, 7) is 4.20. The first-order valence-electron chi connectivity index (χ1n) is 6.41. The topological polar surface area (TPSA) is 29.0 Å². The van der Waals surface area contributed by atoms with Crippen LogP contribution >= 0.6 is 11.3 Å². The summed E-state index contributed by atoms with van der Waals surface area (Å²) < 4.78 is 0. The minimum atomic E-state index is 0.570. The van der Waals surface area contributed by atoms with Gasteiger partial charge in [0.15, 0.2) is 0 Å². The van der Waals surface area contributed by atoms with E-state index in [1.54, 1.807) is 11.3 Å². The Hall–Kier alpha value is -1.42. The predicted molar refractivity (Wildman–Crippen MR) is 75.3 cm³/mol. The zero-order chi connectivity index (χ0) is 12.4. The molecule has 3 rings (SSSR count). The number of hydrogen-bond acceptors (Lipinski definition) is 4. The smallest absolute Gasteiger partial charge is 0.128 e. The average Bonchev–Trinajstić information content (AvgIpc) is 2.93. The molecule has 0 bridgehead atoms. The van der Waals surface area contributed by atoms with Gasteiger partial charge in [0, 0.05) is 36.3 Å². The van der Waals surface area contributed by atoms with Gasteiger partial charge in [-0.1, -0.05) is 6.07 Å². The van der Waals surface area contributed by atoms with Gasteiger partial charge < -0.3 is 4.90 Å². The largest absolute Gasteiger partial charge is 0.356 e. The van der Waals surface area contributed by atoms with Gasteiger partial charge in [0.05, 0.1) is 5.01 Å². The lowest BCUT2D eigenvalue weighted by molar-refractivity contribution is 0.505. The molecular weight excluding hydrogens is 242 g/mol. The molecule has 0 unspecified atom stereocenters. The highest BCUT2D eigenvalue weighted by Crippen LogP contribution is 2.30. The second-order valence-corrected chi connectivity index (χ2v) is 5.72. The maximum absolute atomic E-state index is 4.62. The standard InChI is InChI=1S/C14H17N3S/c1-11-4-2-6-13(16-11)17-8-3-5-12(10-17)14-15-7-9-18-14/h2,4,6-7,9,12H,3,5,8,10H2,1H3/t12-/m1/s1. The van der Waals surface area contributed by atoms with Crippen molar-refractivity contribution in [2.75, 3.05) is 18.0 Å². The third-order valence-electron chi connectivity index (χ3n) is 3.42. The fraction of sp³-hybridized carbons (Fsp3) is 0.429. The monoisotopic (exact) mass is 259 g/mol. The van der Waals surface area contributed by atoms with Crippen molar-refractivity contribution in [1.29, 1.82) is 0 Å². The van der Waals surface area contributed by atoms with Gasteiger partial charge in [-0.25, -0.2) is 9.97 Å². The molecule has 2 aromatic heterocycles. The Balaban J connectivity index is 1.78. The molecule has 0 radical (unpaired) electrons. The van der Waals surface area contributed by atoms with Crippen LogP contribution in [0.15, 0.2) is 29.8 Å². The summed E-state index contributed by atoms with van der Waals surface area (Å²) in [6, 6.07) is 6.24. The van der Waals surface area contributed by atoms with Gasteiger partial charge in [0.2, 0.25) is 0 Å². The Labute approximate surface area is 112 Å². The van der Waals surface area contributed by atoms with Crippen LogP contribution in [0.1, 0.15) is 29.5 Å². The summed E-state index contributed by atoms with van der Waals surface area (Å²) in [5.41, 5.74) is 1.09. The van der Waals surface area contributed by atoms with Crippen LogP contribution in [-0.2, 0) is 0 Å². The molecule has 4 heteroatoms. The second-order valence-electron chi connectivity index (χ2n) is 4.79. The van der Waals surface area contributed by atoms with Gasteiger partial charge >= 0.3 is 0 Å². The van der Waals surface area contributed by atoms with Gasteiger partial charge in [-0.3, -0.25) is 0 Å². The molecule has 3 nitrogen and oxygen atoms in total. The van der Waals surface area contributed by atoms with E-state index >= 15 is 0 Å². The molecule has 1 fully saturated rings. The number of nitrogens with zero attached hydrogens (tertiary/aromatic N) is 3. The van der Waals surface area contributed by atoms with E-state index in [9.17, 15) is 0 Å². The number of pyridine rings is 1. The van der Waals surface area contributed by atoms with Crippen LogP contribution in [-0.4, -0.2) is 23.1 Å². The summed E-state index contributed by atoms with van der Waals surface area (Å²) in [4.78, 5) is 11.5. The fourth-order valence-electron chi connectivity index (χ4n) is 2.53. The maximum Gasteiger partial charge on any atom is 0.128 e. The summed E-state index contributed by atoms with van der Waals surface area (Å²) in [7, 11) is 0. The molecule has 94 valence electrons. The van der Waals surface area contributed by atoms with Gasteiger partial charge in [-0.15, -0.1) is 11.3 Å². The molecule has 0 N–H and O–H groups in total. The lowest BCUT2D eigenvalue weighted by atomic mass is 9.99. The van der Waals surface area contributed by atoms with E-state index in [4.69, 9.17) is 0 Å². The number of hydrogen-bond donors (Lipinski definition) is 0. The van der Waals surface area contributed by atoms with E-state index in [2.05, 4.69) is 32.4 Å². The van der Waals surface area contributed by atoms with Gasteiger partial charge in [-0.05, 0) is 31.9 Å². The summed E-state index contributed by atoms with van der Waals surface area (Å²) in [5, 5.41) is 3.34. The summed E-state index contributed by atoms with van der Waals surface area (Å²) in [5.74, 6) is 1.68. The highest BCUT2D eigenvalue weighted by Gasteiger charge is 2.23. The van der Waals surface area contributed by atoms with Gasteiger partial charge in [-0.2, -0.15) is 0 Å². The highest BCUT2D eigenvalue weighted by atomic mass is 32.1. The molecule has 0 saturated carbocycles. The molecule has 18 heavy (non-hydrogen) atoms. The Bertz CT molecular complexity index is 510. The van der Waals surface area contributed by atoms with Crippen LogP contribution in [0.25, 0.3) is 0 Å². The minimum Gasteiger partial charge on any atom is -0.356 e. The third-order valence-corrected chi connectivity index (χ3v) is 4.36. The van der Waals surface area contributed by atoms with E-state index in [1.165, 1.54) is 17.8 Å². The van der Waals surface area contributed by atoms with E-state index in [0.29, 0.717) is 5.92 Å². The number of aromatic nitrogens is 2. The number of aryl methyl sites for hydroxylation is 1. The quantitative estimate of drug-likeness (QED) is 0.829. The molecule has 3 heterocycles. The first-order valence-corrected chi connectivity index (χ1v) is 7.29. The van der Waals surface area contributed by atoms with E-state index in [-0.39, 0.29) is 0 Å². The summed E-state index contributed by atoms with van der Waals surface area (Å²) >= 11 is 1.77. The lowest BCUT2D eigenvalue weighted by Gasteiger charge is -2.32. The van der Waals surface area contributed by atoms with Crippen molar-refractivity contribution in [3.8, 4) is 0 Å². The van der Waals surface area contributed by atoms with Crippen molar-refractivity contribution in [1.82, 2.24) is 9.97 Å². The number of thiazole rings is 1. The average molecular weight is 259 g/mol. The molecule has 2 aromatic rings. The Morgan fingerprint density at radius 3 is 3.11 bits per heavy atom. The van der Waals surface area contributed by atoms with E-state index < -0.39 is 0 Å². The van der Waals surface area contributed by atoms with Crippen LogP contribution in [0, 0.1) is 6.92 Å². The maximum atomic E-state index is 4.62. The van der Waals surface area contributed by atoms with Crippen molar-refractivity contribution in [3.05, 3.63) is 40.5 Å². The number of anilines is 1. The zero-order valence-corrected chi connectivity index (χ0v) is 11.4. The second kappa shape index (κ2) is 5.06. The molecule has 0 spiro atoms. The van der Waals surface area contributed by atoms with Crippen molar-refractivity contribution in [2.24, 2.45) is 0 Å². The Morgan fingerprint density at radius 2 is 2.33 bits per heavy atom. The zero-order valence-electron chi connectivity index (χ0n) is 10.5. The van der Waals surface area contributed by atoms with Gasteiger partial charge in [0.25, 0.3) is 0 Å². The first-order chi connectivity index (χ1) is 8.83. The molecule has 1 aliphatic heterocycles. The van der Waals surface area contributed by atoms with Crippen LogP contribution in [0.5, 0.6) is 0 Å². The minimum absolute atomic E-state index is 0.570. The SMILES string of the molecule is Cc1cccc(N2CCC[C@@H](c3nccs3)C2)n1. The van der Waals surface area contributed by atoms with E-state index in [1.807, 2.05) is 19.2 Å². The van der Waals surface area contributed by atoms with Crippen molar-refractivity contribution in [3.63, 3.8) is 0 Å². The molecule has 1 saturated heterocycles. The van der Waals surface area contributed by atoms with Crippen LogP contribution in [0.3, 0.4) is 0 Å². The number of rotatable bonds is 2. The highest BCUT2D eigenvalue weighted by molar-refractivity contribution is 7.09. The fourth-order valence-corrected chi connectivity index (χ4v) is 3.30. The van der Waals surface area contributed by atoms with Crippen molar-refractivity contribution in [2.45, 2.75) is 25.7 Å². The molecule has 0 amide bonds. The Kier molecular flexibility index (Phi) is 3.28. The van der Waals surface area contributed by atoms with E-state index in [0.717, 1.165) is 24.6 Å². The molecule has 1 atom stereocenters. The normalized spacial score (nSPS) is 20.1. The predicted octanol–water partition coefficient (Wildman–Crippen LogP) is 3.23. The number of piperidine rings is 1. The van der Waals surface area contributed by atoms with Gasteiger partial charge in [0.1, 0.15) is 5.82 Å². The van der Waals surface area contributed by atoms with Crippen LogP contribution < -0.4 is 4.90 Å². The van der Waals surface area contributed by atoms with Crippen LogP contribution in [0.2, 0.25) is 0 Å². The molecule has 0 aromatic carbocycles. The van der Waals surface area contributed by atoms with Crippen molar-refractivity contribution >= 4 is 17.2 Å². The summed E-state index contributed by atoms with van der Waals surface area (Å²) in [6.07, 6.45) is 4.37.